The number of ether oxygens (including phenoxy) is 3. The lowest BCUT2D eigenvalue weighted by atomic mass is 9.55. The van der Waals surface area contributed by atoms with Gasteiger partial charge in [0.05, 0.1) is 25.2 Å². The minimum atomic E-state index is -0.395. The highest BCUT2D eigenvalue weighted by Crippen LogP contribution is 2.65. The van der Waals surface area contributed by atoms with Gasteiger partial charge in [-0.3, -0.25) is 9.69 Å². The van der Waals surface area contributed by atoms with Gasteiger partial charge in [-0.15, -0.1) is 0 Å². The van der Waals surface area contributed by atoms with E-state index in [2.05, 4.69) is 29.3 Å². The molecular formula is C24H28N2O5. The fraction of sp³-hybridized carbons (Fsp3) is 0.500. The van der Waals surface area contributed by atoms with Crippen molar-refractivity contribution in [3.8, 4) is 11.5 Å². The predicted octanol–water partition coefficient (Wildman–Crippen LogP) is 3.16. The summed E-state index contributed by atoms with van der Waals surface area (Å²) in [6.07, 6.45) is 6.99. The van der Waals surface area contributed by atoms with Crippen LogP contribution in [-0.2, 0) is 19.7 Å². The summed E-state index contributed by atoms with van der Waals surface area (Å²) in [7, 11) is 2.99. The van der Waals surface area contributed by atoms with Gasteiger partial charge in [0.15, 0.2) is 11.5 Å². The Morgan fingerprint density at radius 1 is 1.26 bits per heavy atom. The van der Waals surface area contributed by atoms with E-state index in [9.17, 15) is 9.59 Å². The molecule has 1 aromatic carbocycles. The van der Waals surface area contributed by atoms with Crippen LogP contribution in [-0.4, -0.2) is 50.2 Å². The van der Waals surface area contributed by atoms with Crippen LogP contribution in [0.25, 0.3) is 0 Å². The van der Waals surface area contributed by atoms with Gasteiger partial charge in [-0.25, -0.2) is 4.79 Å². The van der Waals surface area contributed by atoms with Crippen molar-refractivity contribution in [1.29, 1.82) is 0 Å². The highest BCUT2D eigenvalue weighted by molar-refractivity contribution is 5.93. The highest BCUT2D eigenvalue weighted by Gasteiger charge is 2.65. The quantitative estimate of drug-likeness (QED) is 0.452. The van der Waals surface area contributed by atoms with Crippen molar-refractivity contribution in [2.24, 2.45) is 5.41 Å². The van der Waals surface area contributed by atoms with Gasteiger partial charge in [0.2, 0.25) is 0 Å². The minimum absolute atomic E-state index is 0.160. The molecule has 3 aliphatic heterocycles. The fourth-order valence-electron chi connectivity index (χ4n) is 6.47. The molecule has 0 aromatic heterocycles. The van der Waals surface area contributed by atoms with Crippen LogP contribution >= 0.6 is 0 Å². The number of anilines is 1. The number of hydrogen-bond acceptors (Lipinski definition) is 7. The summed E-state index contributed by atoms with van der Waals surface area (Å²) >= 11 is 0. The van der Waals surface area contributed by atoms with E-state index in [0.29, 0.717) is 23.5 Å². The molecule has 1 spiro atoms. The lowest BCUT2D eigenvalue weighted by Crippen LogP contribution is -2.58. The highest BCUT2D eigenvalue weighted by atomic mass is 16.6. The molecule has 0 saturated carbocycles. The fourth-order valence-corrected chi connectivity index (χ4v) is 6.47. The number of fused-ring (bicyclic) bond motifs is 1. The Morgan fingerprint density at radius 3 is 2.74 bits per heavy atom. The van der Waals surface area contributed by atoms with Gasteiger partial charge in [-0.05, 0) is 30.9 Å². The SMILES string of the molecule is CC[C@]12C=CCN3CC[C@]4(C(=C(C(=O)OC)C1)Nc1cc(OC)c(OC(C)=O)cc14)[C@@H]32. The normalized spacial score (nSPS) is 30.3. The average molecular weight is 424 g/mol. The van der Waals surface area contributed by atoms with Crippen molar-refractivity contribution in [3.63, 3.8) is 0 Å². The summed E-state index contributed by atoms with van der Waals surface area (Å²) in [6.45, 7) is 5.42. The lowest BCUT2D eigenvalue weighted by Gasteiger charge is -2.53. The van der Waals surface area contributed by atoms with Crippen LogP contribution in [0.15, 0.2) is 35.6 Å². The maximum atomic E-state index is 12.9. The lowest BCUT2D eigenvalue weighted by molar-refractivity contribution is -0.137. The van der Waals surface area contributed by atoms with Crippen LogP contribution in [0.2, 0.25) is 0 Å². The van der Waals surface area contributed by atoms with Crippen LogP contribution in [0.1, 0.15) is 38.7 Å². The average Bonchev–Trinajstić information content (AvgIpc) is 3.31. The number of nitrogens with one attached hydrogen (secondary N) is 1. The van der Waals surface area contributed by atoms with Gasteiger partial charge in [0.1, 0.15) is 0 Å². The van der Waals surface area contributed by atoms with Crippen molar-refractivity contribution in [2.45, 2.75) is 44.6 Å². The molecule has 1 aliphatic carbocycles. The molecule has 3 atom stereocenters. The summed E-state index contributed by atoms with van der Waals surface area (Å²) in [5.74, 6) is 0.207. The molecule has 1 saturated heterocycles. The Hall–Kier alpha value is -2.80. The maximum absolute atomic E-state index is 12.9. The second-order valence-corrected chi connectivity index (χ2v) is 8.90. The van der Waals surface area contributed by atoms with Gasteiger partial charge in [0.25, 0.3) is 0 Å². The van der Waals surface area contributed by atoms with Gasteiger partial charge >= 0.3 is 11.9 Å². The molecule has 5 rings (SSSR count). The van der Waals surface area contributed by atoms with E-state index < -0.39 is 5.97 Å². The number of esters is 2. The van der Waals surface area contributed by atoms with Gasteiger partial charge < -0.3 is 19.5 Å². The van der Waals surface area contributed by atoms with E-state index in [-0.39, 0.29) is 22.8 Å². The summed E-state index contributed by atoms with van der Waals surface area (Å²) in [6, 6.07) is 4.01. The third kappa shape index (κ3) is 2.56. The van der Waals surface area contributed by atoms with Gasteiger partial charge in [-0.2, -0.15) is 0 Å². The first-order chi connectivity index (χ1) is 14.9. The zero-order valence-corrected chi connectivity index (χ0v) is 18.4. The standard InChI is InChI=1S/C24H28N2O5/c1-5-23-7-6-9-26-10-8-24(22(23)26)16-11-19(31-14(2)27)18(29-3)12-17(16)25-20(24)15(13-23)21(28)30-4/h6-7,11-12,22,25H,5,8-10,13H2,1-4H3/t22-,23-,24-/m0/s1. The Morgan fingerprint density at radius 2 is 2.06 bits per heavy atom. The number of carbonyl (C=O) groups excluding carboxylic acids is 2. The Kier molecular flexibility index (Phi) is 4.45. The molecule has 0 bridgehead atoms. The molecule has 0 amide bonds. The van der Waals surface area contributed by atoms with Crippen LogP contribution in [0.3, 0.4) is 0 Å². The monoisotopic (exact) mass is 424 g/mol. The van der Waals surface area contributed by atoms with Crippen molar-refractivity contribution in [3.05, 3.63) is 41.1 Å². The topological polar surface area (TPSA) is 77.1 Å². The molecule has 0 radical (unpaired) electrons. The first-order valence-corrected chi connectivity index (χ1v) is 10.8. The molecule has 7 heteroatoms. The molecule has 31 heavy (non-hydrogen) atoms. The van der Waals surface area contributed by atoms with E-state index in [1.807, 2.05) is 12.1 Å². The number of benzene rings is 1. The first kappa shape index (κ1) is 20.1. The maximum Gasteiger partial charge on any atom is 0.335 e. The number of hydrogen-bond donors (Lipinski definition) is 1. The van der Waals surface area contributed by atoms with Crippen molar-refractivity contribution < 1.29 is 23.8 Å². The largest absolute Gasteiger partial charge is 0.493 e. The van der Waals surface area contributed by atoms with E-state index in [0.717, 1.165) is 42.9 Å². The van der Waals surface area contributed by atoms with E-state index >= 15 is 0 Å². The molecule has 1 N–H and O–H groups in total. The Balaban J connectivity index is 1.79. The Bertz CT molecular complexity index is 1040. The molecule has 3 heterocycles. The second kappa shape index (κ2) is 6.85. The van der Waals surface area contributed by atoms with Crippen LogP contribution in [0.4, 0.5) is 5.69 Å². The number of carbonyl (C=O) groups is 2. The summed E-state index contributed by atoms with van der Waals surface area (Å²) in [4.78, 5) is 27.2. The van der Waals surface area contributed by atoms with Crippen LogP contribution in [0, 0.1) is 5.41 Å². The smallest absolute Gasteiger partial charge is 0.335 e. The van der Waals surface area contributed by atoms with Crippen molar-refractivity contribution in [2.75, 3.05) is 32.6 Å². The number of methoxy groups -OCH3 is 2. The molecule has 7 nitrogen and oxygen atoms in total. The summed E-state index contributed by atoms with van der Waals surface area (Å²) in [5.41, 5.74) is 3.04. The number of rotatable bonds is 4. The zero-order valence-electron chi connectivity index (χ0n) is 18.4. The number of nitrogens with zero attached hydrogens (tertiary/aromatic N) is 1. The van der Waals surface area contributed by atoms with Crippen LogP contribution < -0.4 is 14.8 Å². The first-order valence-electron chi connectivity index (χ1n) is 10.8. The van der Waals surface area contributed by atoms with E-state index in [4.69, 9.17) is 14.2 Å². The van der Waals surface area contributed by atoms with Crippen molar-refractivity contribution in [1.82, 2.24) is 4.90 Å². The summed E-state index contributed by atoms with van der Waals surface area (Å²) in [5, 5.41) is 3.56. The third-order valence-corrected chi connectivity index (χ3v) is 7.60. The Labute approximate surface area is 182 Å². The molecule has 1 aromatic rings. The third-order valence-electron chi connectivity index (χ3n) is 7.60. The van der Waals surface area contributed by atoms with Gasteiger partial charge in [0, 0.05) is 48.9 Å². The zero-order chi connectivity index (χ0) is 22.0. The van der Waals surface area contributed by atoms with Crippen LogP contribution in [0.5, 0.6) is 11.5 Å². The molecule has 1 fully saturated rings. The predicted molar refractivity (Wildman–Crippen MR) is 115 cm³/mol. The summed E-state index contributed by atoms with van der Waals surface area (Å²) < 4.78 is 16.2. The molecule has 0 unspecified atom stereocenters. The van der Waals surface area contributed by atoms with Gasteiger partial charge in [-0.1, -0.05) is 19.1 Å². The molecule has 164 valence electrons. The molecular weight excluding hydrogens is 396 g/mol. The second-order valence-electron chi connectivity index (χ2n) is 8.90. The minimum Gasteiger partial charge on any atom is -0.493 e. The van der Waals surface area contributed by atoms with E-state index in [1.54, 1.807) is 7.11 Å². The van der Waals surface area contributed by atoms with Crippen molar-refractivity contribution >= 4 is 17.6 Å². The van der Waals surface area contributed by atoms with E-state index in [1.165, 1.54) is 14.0 Å². The molecule has 4 aliphatic rings.